The summed E-state index contributed by atoms with van der Waals surface area (Å²) in [6.07, 6.45) is 11.8. The molecule has 4 aliphatic rings. The second-order valence-electron chi connectivity index (χ2n) is 8.30. The molecule has 23 heavy (non-hydrogen) atoms. The molecule has 4 nitrogen and oxygen atoms in total. The minimum Gasteiger partial charge on any atom is -0.378 e. The summed E-state index contributed by atoms with van der Waals surface area (Å²) in [6, 6.07) is 0.478. The fraction of sp³-hybridized carbons (Fsp3) is 0.947. The molecule has 1 amide bonds. The molecule has 0 aromatic heterocycles. The first-order chi connectivity index (χ1) is 11.3. The van der Waals surface area contributed by atoms with Crippen molar-refractivity contribution in [1.82, 2.24) is 10.2 Å². The van der Waals surface area contributed by atoms with Crippen LogP contribution in [-0.2, 0) is 9.53 Å². The predicted molar refractivity (Wildman–Crippen MR) is 90.1 cm³/mol. The van der Waals surface area contributed by atoms with E-state index in [1.54, 1.807) is 0 Å². The molecule has 4 rings (SSSR count). The van der Waals surface area contributed by atoms with E-state index in [1.165, 1.54) is 51.5 Å². The first kappa shape index (κ1) is 15.9. The SMILES string of the molecule is O=C(NC1CC1)[C@@H]1CCO[C@@H]2CCN(CC3CCCCC3)C[C@H]21. The van der Waals surface area contributed by atoms with Crippen LogP contribution in [0.1, 0.15) is 57.8 Å². The average Bonchev–Trinajstić information content (AvgIpc) is 3.39. The summed E-state index contributed by atoms with van der Waals surface area (Å²) in [6.45, 7) is 4.26. The van der Waals surface area contributed by atoms with Gasteiger partial charge in [-0.15, -0.1) is 0 Å². The smallest absolute Gasteiger partial charge is 0.223 e. The molecule has 2 heterocycles. The normalized spacial score (nSPS) is 36.4. The maximum absolute atomic E-state index is 12.6. The van der Waals surface area contributed by atoms with Gasteiger partial charge in [-0.3, -0.25) is 4.79 Å². The van der Waals surface area contributed by atoms with Crippen molar-refractivity contribution in [2.24, 2.45) is 17.8 Å². The third-order valence-corrected chi connectivity index (χ3v) is 6.46. The van der Waals surface area contributed by atoms with Gasteiger partial charge in [-0.05, 0) is 44.4 Å². The number of likely N-dealkylation sites (tertiary alicyclic amines) is 1. The number of piperidine rings is 1. The van der Waals surface area contributed by atoms with Crippen LogP contribution in [0.5, 0.6) is 0 Å². The Balaban J connectivity index is 1.35. The highest BCUT2D eigenvalue weighted by Gasteiger charge is 2.42. The molecular weight excluding hydrogens is 288 g/mol. The van der Waals surface area contributed by atoms with Crippen LogP contribution in [0, 0.1) is 17.8 Å². The highest BCUT2D eigenvalue weighted by molar-refractivity contribution is 5.79. The van der Waals surface area contributed by atoms with Gasteiger partial charge in [-0.25, -0.2) is 0 Å². The Morgan fingerprint density at radius 1 is 1.04 bits per heavy atom. The number of nitrogens with zero attached hydrogens (tertiary/aromatic N) is 1. The number of nitrogens with one attached hydrogen (secondary N) is 1. The summed E-state index contributed by atoms with van der Waals surface area (Å²) in [7, 11) is 0. The van der Waals surface area contributed by atoms with Gasteiger partial charge in [0.2, 0.25) is 5.91 Å². The fourth-order valence-electron chi connectivity index (χ4n) is 4.95. The molecule has 2 aliphatic carbocycles. The number of hydrogen-bond donors (Lipinski definition) is 1. The van der Waals surface area contributed by atoms with Gasteiger partial charge in [0.1, 0.15) is 0 Å². The number of fused-ring (bicyclic) bond motifs is 1. The molecule has 130 valence electrons. The molecule has 0 aromatic rings. The minimum atomic E-state index is 0.184. The minimum absolute atomic E-state index is 0.184. The highest BCUT2D eigenvalue weighted by atomic mass is 16.5. The number of ether oxygens (including phenoxy) is 1. The van der Waals surface area contributed by atoms with Crippen LogP contribution in [0.3, 0.4) is 0 Å². The number of rotatable bonds is 4. The van der Waals surface area contributed by atoms with Crippen LogP contribution < -0.4 is 5.32 Å². The summed E-state index contributed by atoms with van der Waals surface area (Å²) < 4.78 is 6.01. The van der Waals surface area contributed by atoms with Gasteiger partial charge in [-0.2, -0.15) is 0 Å². The van der Waals surface area contributed by atoms with Crippen molar-refractivity contribution >= 4 is 5.91 Å². The van der Waals surface area contributed by atoms with E-state index in [1.807, 2.05) is 0 Å². The predicted octanol–water partition coefficient (Wildman–Crippen LogP) is 2.57. The van der Waals surface area contributed by atoms with Crippen LogP contribution >= 0.6 is 0 Å². The zero-order valence-electron chi connectivity index (χ0n) is 14.3. The molecular formula is C19H32N2O2. The summed E-state index contributed by atoms with van der Waals surface area (Å²) in [5.41, 5.74) is 0. The molecule has 4 heteroatoms. The van der Waals surface area contributed by atoms with Gasteiger partial charge in [0.05, 0.1) is 6.10 Å². The van der Waals surface area contributed by atoms with Gasteiger partial charge in [0, 0.05) is 44.1 Å². The summed E-state index contributed by atoms with van der Waals surface area (Å²) >= 11 is 0. The fourth-order valence-corrected chi connectivity index (χ4v) is 4.95. The number of amides is 1. The monoisotopic (exact) mass is 320 g/mol. The lowest BCUT2D eigenvalue weighted by atomic mass is 9.78. The van der Waals surface area contributed by atoms with E-state index in [2.05, 4.69) is 10.2 Å². The lowest BCUT2D eigenvalue weighted by molar-refractivity contribution is -0.142. The molecule has 4 fully saturated rings. The van der Waals surface area contributed by atoms with E-state index < -0.39 is 0 Å². The second-order valence-corrected chi connectivity index (χ2v) is 8.30. The van der Waals surface area contributed by atoms with E-state index in [0.717, 1.165) is 38.5 Å². The van der Waals surface area contributed by atoms with E-state index in [0.29, 0.717) is 24.0 Å². The highest BCUT2D eigenvalue weighted by Crippen LogP contribution is 2.35. The third-order valence-electron chi connectivity index (χ3n) is 6.46. The first-order valence-electron chi connectivity index (χ1n) is 9.94. The Morgan fingerprint density at radius 2 is 1.87 bits per heavy atom. The van der Waals surface area contributed by atoms with Crippen LogP contribution in [0.25, 0.3) is 0 Å². The molecule has 1 N–H and O–H groups in total. The van der Waals surface area contributed by atoms with Crippen LogP contribution in [0.4, 0.5) is 0 Å². The largest absolute Gasteiger partial charge is 0.378 e. The quantitative estimate of drug-likeness (QED) is 0.865. The average molecular weight is 320 g/mol. The second kappa shape index (κ2) is 7.10. The van der Waals surface area contributed by atoms with E-state index in [4.69, 9.17) is 4.74 Å². The lowest BCUT2D eigenvalue weighted by Gasteiger charge is -2.45. The van der Waals surface area contributed by atoms with Crippen molar-refractivity contribution in [3.05, 3.63) is 0 Å². The summed E-state index contributed by atoms with van der Waals surface area (Å²) in [4.78, 5) is 15.3. The molecule has 0 unspecified atom stereocenters. The Labute approximate surface area is 140 Å². The van der Waals surface area contributed by atoms with Crippen LogP contribution in [0.15, 0.2) is 0 Å². The molecule has 2 saturated heterocycles. The Bertz CT molecular complexity index is 418. The molecule has 0 aromatic carbocycles. The van der Waals surface area contributed by atoms with Gasteiger partial charge in [-0.1, -0.05) is 19.3 Å². The maximum Gasteiger partial charge on any atom is 0.223 e. The van der Waals surface area contributed by atoms with Crippen LogP contribution in [-0.4, -0.2) is 49.2 Å². The molecule has 3 atom stereocenters. The lowest BCUT2D eigenvalue weighted by Crippen LogP contribution is -2.54. The van der Waals surface area contributed by atoms with Gasteiger partial charge >= 0.3 is 0 Å². The van der Waals surface area contributed by atoms with Crippen molar-refractivity contribution in [1.29, 1.82) is 0 Å². The molecule has 2 aliphatic heterocycles. The van der Waals surface area contributed by atoms with E-state index >= 15 is 0 Å². The Kier molecular flexibility index (Phi) is 4.91. The third kappa shape index (κ3) is 3.90. The van der Waals surface area contributed by atoms with Gasteiger partial charge < -0.3 is 15.0 Å². The van der Waals surface area contributed by atoms with E-state index in [9.17, 15) is 4.79 Å². The number of carbonyl (C=O) groups excluding carboxylic acids is 1. The summed E-state index contributed by atoms with van der Waals surface area (Å²) in [5.74, 6) is 1.80. The standard InChI is InChI=1S/C19H32N2O2/c22-19(20-15-6-7-15)16-9-11-23-18-8-10-21(13-17(16)18)12-14-4-2-1-3-5-14/h14-18H,1-13H2,(H,20,22)/t16-,17+,18-/m1/s1. The molecule has 0 radical (unpaired) electrons. The summed E-state index contributed by atoms with van der Waals surface area (Å²) in [5, 5.41) is 3.24. The van der Waals surface area contributed by atoms with Crippen molar-refractivity contribution in [2.45, 2.75) is 69.9 Å². The number of hydrogen-bond acceptors (Lipinski definition) is 3. The Hall–Kier alpha value is -0.610. The van der Waals surface area contributed by atoms with Crippen LogP contribution in [0.2, 0.25) is 0 Å². The van der Waals surface area contributed by atoms with Crippen molar-refractivity contribution < 1.29 is 9.53 Å². The van der Waals surface area contributed by atoms with E-state index in [-0.39, 0.29) is 5.92 Å². The van der Waals surface area contributed by atoms with Gasteiger partial charge in [0.25, 0.3) is 0 Å². The molecule has 0 bridgehead atoms. The Morgan fingerprint density at radius 3 is 2.65 bits per heavy atom. The maximum atomic E-state index is 12.6. The van der Waals surface area contributed by atoms with Gasteiger partial charge in [0.15, 0.2) is 0 Å². The molecule has 0 spiro atoms. The topological polar surface area (TPSA) is 41.6 Å². The number of carbonyl (C=O) groups is 1. The van der Waals surface area contributed by atoms with Crippen molar-refractivity contribution in [3.8, 4) is 0 Å². The zero-order valence-corrected chi connectivity index (χ0v) is 14.3. The zero-order chi connectivity index (χ0) is 15.6. The van der Waals surface area contributed by atoms with Crippen molar-refractivity contribution in [2.75, 3.05) is 26.2 Å². The first-order valence-corrected chi connectivity index (χ1v) is 9.94. The van der Waals surface area contributed by atoms with Crippen molar-refractivity contribution in [3.63, 3.8) is 0 Å². The molecule has 2 saturated carbocycles.